The molecule has 0 aliphatic carbocycles. The summed E-state index contributed by atoms with van der Waals surface area (Å²) < 4.78 is 0. The number of nitrogens with one attached hydrogen (secondary N) is 1. The number of aryl methyl sites for hydroxylation is 2. The molecular formula is C17H24N2S. The molecule has 1 N–H and O–H groups in total. The summed E-state index contributed by atoms with van der Waals surface area (Å²) in [5.74, 6) is 0. The van der Waals surface area contributed by atoms with Crippen molar-refractivity contribution in [1.29, 1.82) is 0 Å². The molecule has 0 atom stereocenters. The minimum Gasteiger partial charge on any atom is -0.307 e. The van der Waals surface area contributed by atoms with Gasteiger partial charge in [-0.1, -0.05) is 31.2 Å². The second-order valence-electron chi connectivity index (χ2n) is 6.18. The first-order valence-electron chi connectivity index (χ1n) is 7.19. The molecule has 0 bridgehead atoms. The van der Waals surface area contributed by atoms with Gasteiger partial charge in [-0.25, -0.2) is 4.98 Å². The number of thiazole rings is 1. The van der Waals surface area contributed by atoms with E-state index in [2.05, 4.69) is 64.2 Å². The fourth-order valence-electron chi connectivity index (χ4n) is 1.94. The first-order valence-corrected chi connectivity index (χ1v) is 8.01. The molecule has 2 rings (SSSR count). The summed E-state index contributed by atoms with van der Waals surface area (Å²) in [6.07, 6.45) is 1.08. The molecular weight excluding hydrogens is 264 g/mol. The SMILES string of the molecule is CCc1ccc(-c2nc(C)c(CNC(C)(C)C)s2)cc1. The van der Waals surface area contributed by atoms with Crippen LogP contribution in [0, 0.1) is 6.92 Å². The molecule has 0 aliphatic rings. The van der Waals surface area contributed by atoms with E-state index in [-0.39, 0.29) is 5.54 Å². The molecule has 20 heavy (non-hydrogen) atoms. The molecule has 0 aliphatic heterocycles. The third-order valence-electron chi connectivity index (χ3n) is 3.28. The van der Waals surface area contributed by atoms with E-state index in [0.717, 1.165) is 23.7 Å². The van der Waals surface area contributed by atoms with Gasteiger partial charge in [-0.3, -0.25) is 0 Å². The van der Waals surface area contributed by atoms with E-state index in [4.69, 9.17) is 4.98 Å². The molecule has 0 spiro atoms. The lowest BCUT2D eigenvalue weighted by molar-refractivity contribution is 0.425. The number of hydrogen-bond donors (Lipinski definition) is 1. The van der Waals surface area contributed by atoms with Gasteiger partial charge in [-0.05, 0) is 39.7 Å². The van der Waals surface area contributed by atoms with Crippen LogP contribution in [0.4, 0.5) is 0 Å². The lowest BCUT2D eigenvalue weighted by Crippen LogP contribution is -2.34. The van der Waals surface area contributed by atoms with Crippen LogP contribution in [0.15, 0.2) is 24.3 Å². The summed E-state index contributed by atoms with van der Waals surface area (Å²) >= 11 is 1.79. The Bertz CT molecular complexity index is 562. The van der Waals surface area contributed by atoms with Crippen LogP contribution in [-0.4, -0.2) is 10.5 Å². The topological polar surface area (TPSA) is 24.9 Å². The summed E-state index contributed by atoms with van der Waals surface area (Å²) in [5, 5.41) is 4.65. The predicted molar refractivity (Wildman–Crippen MR) is 88.3 cm³/mol. The van der Waals surface area contributed by atoms with E-state index in [1.807, 2.05) is 0 Å². The molecule has 0 unspecified atom stereocenters. The van der Waals surface area contributed by atoms with Crippen molar-refractivity contribution in [2.45, 2.75) is 53.1 Å². The maximum absolute atomic E-state index is 4.72. The zero-order valence-electron chi connectivity index (χ0n) is 13.1. The standard InChI is InChI=1S/C17H24N2S/c1-6-13-7-9-14(10-8-13)16-19-12(2)15(20-16)11-18-17(3,4)5/h7-10,18H,6,11H2,1-5H3. The highest BCUT2D eigenvalue weighted by atomic mass is 32.1. The summed E-state index contributed by atoms with van der Waals surface area (Å²) in [5.41, 5.74) is 3.87. The van der Waals surface area contributed by atoms with E-state index in [0.29, 0.717) is 0 Å². The van der Waals surface area contributed by atoms with Crippen molar-refractivity contribution in [2.24, 2.45) is 0 Å². The minimum atomic E-state index is 0.138. The predicted octanol–water partition coefficient (Wildman–Crippen LogP) is 4.57. The molecule has 1 aromatic carbocycles. The van der Waals surface area contributed by atoms with Crippen LogP contribution in [0.3, 0.4) is 0 Å². The molecule has 0 radical (unpaired) electrons. The Hall–Kier alpha value is -1.19. The van der Waals surface area contributed by atoms with Gasteiger partial charge in [-0.15, -0.1) is 11.3 Å². The normalized spacial score (nSPS) is 11.8. The largest absolute Gasteiger partial charge is 0.307 e. The molecule has 2 aromatic rings. The van der Waals surface area contributed by atoms with Gasteiger partial charge in [-0.2, -0.15) is 0 Å². The Morgan fingerprint density at radius 3 is 2.35 bits per heavy atom. The Morgan fingerprint density at radius 2 is 1.80 bits per heavy atom. The van der Waals surface area contributed by atoms with Crippen molar-refractivity contribution in [1.82, 2.24) is 10.3 Å². The van der Waals surface area contributed by atoms with E-state index in [1.54, 1.807) is 11.3 Å². The van der Waals surface area contributed by atoms with Crippen LogP contribution in [0.2, 0.25) is 0 Å². The van der Waals surface area contributed by atoms with E-state index >= 15 is 0 Å². The second-order valence-corrected chi connectivity index (χ2v) is 7.27. The molecule has 3 heteroatoms. The van der Waals surface area contributed by atoms with Crippen molar-refractivity contribution in [3.63, 3.8) is 0 Å². The molecule has 0 saturated heterocycles. The average molecular weight is 288 g/mol. The van der Waals surface area contributed by atoms with Gasteiger partial charge in [0.1, 0.15) is 5.01 Å². The van der Waals surface area contributed by atoms with E-state index in [1.165, 1.54) is 16.0 Å². The molecule has 1 aromatic heterocycles. The maximum atomic E-state index is 4.72. The van der Waals surface area contributed by atoms with Crippen molar-refractivity contribution >= 4 is 11.3 Å². The lowest BCUT2D eigenvalue weighted by atomic mass is 10.1. The van der Waals surface area contributed by atoms with Crippen molar-refractivity contribution < 1.29 is 0 Å². The minimum absolute atomic E-state index is 0.138. The molecule has 2 nitrogen and oxygen atoms in total. The number of benzene rings is 1. The Kier molecular flexibility index (Phi) is 4.61. The van der Waals surface area contributed by atoms with Gasteiger partial charge in [0, 0.05) is 22.5 Å². The van der Waals surface area contributed by atoms with Crippen LogP contribution in [0.5, 0.6) is 0 Å². The molecule has 0 amide bonds. The zero-order valence-corrected chi connectivity index (χ0v) is 13.9. The van der Waals surface area contributed by atoms with Crippen molar-refractivity contribution in [3.05, 3.63) is 40.4 Å². The first kappa shape index (κ1) is 15.2. The lowest BCUT2D eigenvalue weighted by Gasteiger charge is -2.19. The molecule has 0 fully saturated rings. The highest BCUT2D eigenvalue weighted by Crippen LogP contribution is 2.28. The smallest absolute Gasteiger partial charge is 0.123 e. The number of aromatic nitrogens is 1. The highest BCUT2D eigenvalue weighted by Gasteiger charge is 2.13. The summed E-state index contributed by atoms with van der Waals surface area (Å²) in [6, 6.07) is 8.74. The van der Waals surface area contributed by atoms with Gasteiger partial charge in [0.2, 0.25) is 0 Å². The maximum Gasteiger partial charge on any atom is 0.123 e. The van der Waals surface area contributed by atoms with Crippen LogP contribution in [0.1, 0.15) is 43.8 Å². The van der Waals surface area contributed by atoms with Gasteiger partial charge < -0.3 is 5.32 Å². The highest BCUT2D eigenvalue weighted by molar-refractivity contribution is 7.15. The molecule has 1 heterocycles. The number of nitrogens with zero attached hydrogens (tertiary/aromatic N) is 1. The Morgan fingerprint density at radius 1 is 1.15 bits per heavy atom. The van der Waals surface area contributed by atoms with Crippen LogP contribution in [0.25, 0.3) is 10.6 Å². The van der Waals surface area contributed by atoms with E-state index < -0.39 is 0 Å². The van der Waals surface area contributed by atoms with Gasteiger partial charge in [0.25, 0.3) is 0 Å². The molecule has 108 valence electrons. The van der Waals surface area contributed by atoms with Crippen LogP contribution in [-0.2, 0) is 13.0 Å². The third kappa shape index (κ3) is 3.90. The van der Waals surface area contributed by atoms with Gasteiger partial charge in [0.15, 0.2) is 0 Å². The number of hydrogen-bond acceptors (Lipinski definition) is 3. The zero-order chi connectivity index (χ0) is 14.8. The Balaban J connectivity index is 2.17. The van der Waals surface area contributed by atoms with E-state index in [9.17, 15) is 0 Å². The van der Waals surface area contributed by atoms with Crippen molar-refractivity contribution in [2.75, 3.05) is 0 Å². The van der Waals surface area contributed by atoms with Crippen LogP contribution < -0.4 is 5.32 Å². The summed E-state index contributed by atoms with van der Waals surface area (Å²) in [6.45, 7) is 11.7. The monoisotopic (exact) mass is 288 g/mol. The van der Waals surface area contributed by atoms with Crippen LogP contribution >= 0.6 is 11.3 Å². The van der Waals surface area contributed by atoms with Crippen molar-refractivity contribution in [3.8, 4) is 10.6 Å². The van der Waals surface area contributed by atoms with Gasteiger partial charge in [0.05, 0.1) is 5.69 Å². The van der Waals surface area contributed by atoms with Gasteiger partial charge >= 0.3 is 0 Å². The third-order valence-corrected chi connectivity index (χ3v) is 4.49. The summed E-state index contributed by atoms with van der Waals surface area (Å²) in [4.78, 5) is 6.04. The molecule has 0 saturated carbocycles. The fraction of sp³-hybridized carbons (Fsp3) is 0.471. The Labute approximate surface area is 126 Å². The summed E-state index contributed by atoms with van der Waals surface area (Å²) in [7, 11) is 0. The quantitative estimate of drug-likeness (QED) is 0.891. The second kappa shape index (κ2) is 6.06. The number of rotatable bonds is 4. The fourth-order valence-corrected chi connectivity index (χ4v) is 2.95. The first-order chi connectivity index (χ1) is 9.39. The average Bonchev–Trinajstić information content (AvgIpc) is 2.77.